The summed E-state index contributed by atoms with van der Waals surface area (Å²) < 4.78 is 42.8. The second-order valence-corrected chi connectivity index (χ2v) is 6.71. The maximum Gasteiger partial charge on any atom is 0.416 e. The Morgan fingerprint density at radius 2 is 1.74 bits per heavy atom. The molecular weight excluding hydrogens is 415 g/mol. The minimum Gasteiger partial charge on any atom is -0.451 e. The summed E-state index contributed by atoms with van der Waals surface area (Å²) in [7, 11) is 0. The molecule has 11 heteroatoms. The van der Waals surface area contributed by atoms with Crippen molar-refractivity contribution in [3.8, 4) is 11.4 Å². The molecule has 1 N–H and O–H groups in total. The van der Waals surface area contributed by atoms with E-state index in [1.165, 1.54) is 6.92 Å². The normalized spacial score (nSPS) is 12.3. The van der Waals surface area contributed by atoms with Gasteiger partial charge >= 0.3 is 12.1 Å². The summed E-state index contributed by atoms with van der Waals surface area (Å²) in [5, 5.41) is 14.1. The van der Waals surface area contributed by atoms with Gasteiger partial charge in [-0.2, -0.15) is 18.0 Å². The molecular formula is C20H18F3N5O3. The Morgan fingerprint density at radius 3 is 2.35 bits per heavy atom. The van der Waals surface area contributed by atoms with Gasteiger partial charge in [0, 0.05) is 11.3 Å². The number of anilines is 1. The summed E-state index contributed by atoms with van der Waals surface area (Å²) in [6.45, 7) is 2.92. The summed E-state index contributed by atoms with van der Waals surface area (Å²) in [4.78, 5) is 25.2. The van der Waals surface area contributed by atoms with Gasteiger partial charge in [-0.05, 0) is 43.3 Å². The number of aryl methyl sites for hydroxylation is 1. The second-order valence-electron chi connectivity index (χ2n) is 6.71. The maximum absolute atomic E-state index is 12.6. The molecule has 1 aromatic heterocycles. The van der Waals surface area contributed by atoms with Crippen LogP contribution in [0.25, 0.3) is 11.4 Å². The van der Waals surface area contributed by atoms with E-state index in [4.69, 9.17) is 4.74 Å². The molecule has 1 amide bonds. The van der Waals surface area contributed by atoms with E-state index in [2.05, 4.69) is 20.7 Å². The van der Waals surface area contributed by atoms with Crippen molar-refractivity contribution in [1.82, 2.24) is 20.2 Å². The molecule has 0 saturated heterocycles. The Labute approximate surface area is 175 Å². The first kappa shape index (κ1) is 21.9. The number of ether oxygens (including phenoxy) is 1. The monoisotopic (exact) mass is 433 g/mol. The quantitative estimate of drug-likeness (QED) is 0.600. The van der Waals surface area contributed by atoms with Crippen molar-refractivity contribution < 1.29 is 27.5 Å². The number of nitrogens with one attached hydrogen (secondary N) is 1. The molecule has 0 saturated carbocycles. The Hall–Kier alpha value is -3.76. The highest BCUT2D eigenvalue weighted by molar-refractivity contribution is 5.95. The number of esters is 1. The van der Waals surface area contributed by atoms with Crippen LogP contribution >= 0.6 is 0 Å². The van der Waals surface area contributed by atoms with Crippen LogP contribution in [0.5, 0.6) is 0 Å². The number of hydrogen-bond acceptors (Lipinski definition) is 6. The van der Waals surface area contributed by atoms with E-state index >= 15 is 0 Å². The van der Waals surface area contributed by atoms with E-state index in [0.717, 1.165) is 40.2 Å². The van der Waals surface area contributed by atoms with Gasteiger partial charge in [0.15, 0.2) is 12.6 Å². The molecule has 0 spiro atoms. The van der Waals surface area contributed by atoms with Crippen molar-refractivity contribution in [2.45, 2.75) is 32.7 Å². The molecule has 3 aromatic rings. The predicted molar refractivity (Wildman–Crippen MR) is 104 cm³/mol. The predicted octanol–water partition coefficient (Wildman–Crippen LogP) is 3.24. The molecule has 1 unspecified atom stereocenters. The van der Waals surface area contributed by atoms with Crippen molar-refractivity contribution in [1.29, 1.82) is 0 Å². The molecule has 8 nitrogen and oxygen atoms in total. The van der Waals surface area contributed by atoms with Crippen molar-refractivity contribution in [3.63, 3.8) is 0 Å². The number of tetrazole rings is 1. The third kappa shape index (κ3) is 5.87. The minimum atomic E-state index is -4.47. The number of aromatic nitrogens is 4. The highest BCUT2D eigenvalue weighted by Crippen LogP contribution is 2.29. The zero-order valence-corrected chi connectivity index (χ0v) is 16.6. The number of nitrogens with zero attached hydrogens (tertiary/aromatic N) is 4. The number of benzene rings is 2. The van der Waals surface area contributed by atoms with E-state index in [1.807, 2.05) is 31.2 Å². The van der Waals surface area contributed by atoms with Gasteiger partial charge in [0.05, 0.1) is 5.56 Å². The number of carbonyl (C=O) groups is 2. The van der Waals surface area contributed by atoms with Gasteiger partial charge in [-0.3, -0.25) is 4.79 Å². The van der Waals surface area contributed by atoms with E-state index in [9.17, 15) is 22.8 Å². The average Bonchev–Trinajstić information content (AvgIpc) is 3.16. The molecule has 0 radical (unpaired) electrons. The lowest BCUT2D eigenvalue weighted by atomic mass is 10.1. The van der Waals surface area contributed by atoms with E-state index in [-0.39, 0.29) is 12.2 Å². The van der Waals surface area contributed by atoms with Gasteiger partial charge in [-0.15, -0.1) is 10.2 Å². The topological polar surface area (TPSA) is 99.0 Å². The molecule has 31 heavy (non-hydrogen) atoms. The van der Waals surface area contributed by atoms with Crippen LogP contribution in [-0.2, 0) is 27.0 Å². The van der Waals surface area contributed by atoms with Crippen LogP contribution in [0.2, 0.25) is 0 Å². The van der Waals surface area contributed by atoms with Crippen molar-refractivity contribution >= 4 is 17.6 Å². The number of rotatable bonds is 6. The van der Waals surface area contributed by atoms with Crippen LogP contribution in [-0.4, -0.2) is 38.2 Å². The first-order valence-corrected chi connectivity index (χ1v) is 9.14. The standard InChI is InChI=1S/C20H18F3N5O3/c1-12-3-5-14(6-4-12)18-25-27-28(26-18)11-17(29)31-13(2)19(30)24-16-9-7-15(8-10-16)20(21,22)23/h3-10,13H,11H2,1-2H3,(H,24,30). The Bertz CT molecular complexity index is 1060. The van der Waals surface area contributed by atoms with Gasteiger partial charge in [0.25, 0.3) is 5.91 Å². The molecule has 1 atom stereocenters. The molecule has 1 heterocycles. The first-order chi connectivity index (χ1) is 14.6. The van der Waals surface area contributed by atoms with Gasteiger partial charge in [0.2, 0.25) is 5.82 Å². The fourth-order valence-corrected chi connectivity index (χ4v) is 2.52. The lowest BCUT2D eigenvalue weighted by Crippen LogP contribution is -2.31. The lowest BCUT2D eigenvalue weighted by Gasteiger charge is -2.14. The highest BCUT2D eigenvalue weighted by Gasteiger charge is 2.30. The molecule has 2 aromatic carbocycles. The molecule has 0 fully saturated rings. The summed E-state index contributed by atoms with van der Waals surface area (Å²) in [6, 6.07) is 11.3. The molecule has 0 aliphatic heterocycles. The Morgan fingerprint density at radius 1 is 1.10 bits per heavy atom. The summed E-state index contributed by atoms with van der Waals surface area (Å²) in [6.07, 6.45) is -5.66. The number of halogens is 3. The molecule has 0 aliphatic rings. The molecule has 162 valence electrons. The van der Waals surface area contributed by atoms with E-state index in [0.29, 0.717) is 5.82 Å². The van der Waals surface area contributed by atoms with Gasteiger partial charge in [-0.25, -0.2) is 4.79 Å². The SMILES string of the molecule is Cc1ccc(-c2nnn(CC(=O)OC(C)C(=O)Nc3ccc(C(F)(F)F)cc3)n2)cc1. The molecule has 0 bridgehead atoms. The van der Waals surface area contributed by atoms with Crippen LogP contribution in [0.4, 0.5) is 18.9 Å². The van der Waals surface area contributed by atoms with E-state index in [1.54, 1.807) is 0 Å². The Kier molecular flexibility index (Phi) is 6.33. The third-order valence-electron chi connectivity index (χ3n) is 4.19. The zero-order chi connectivity index (χ0) is 22.6. The van der Waals surface area contributed by atoms with Crippen molar-refractivity contribution in [3.05, 3.63) is 59.7 Å². The first-order valence-electron chi connectivity index (χ1n) is 9.14. The maximum atomic E-state index is 12.6. The molecule has 0 aliphatic carbocycles. The Balaban J connectivity index is 1.53. The van der Waals surface area contributed by atoms with Gasteiger partial charge < -0.3 is 10.1 Å². The smallest absolute Gasteiger partial charge is 0.416 e. The zero-order valence-electron chi connectivity index (χ0n) is 16.6. The molecule has 3 rings (SSSR count). The van der Waals surface area contributed by atoms with Crippen LogP contribution in [0.3, 0.4) is 0 Å². The van der Waals surface area contributed by atoms with Crippen molar-refractivity contribution in [2.75, 3.05) is 5.32 Å². The number of carbonyl (C=O) groups excluding carboxylic acids is 2. The van der Waals surface area contributed by atoms with Gasteiger partial charge in [-0.1, -0.05) is 29.8 Å². The second kappa shape index (κ2) is 8.94. The lowest BCUT2D eigenvalue weighted by molar-refractivity contribution is -0.154. The highest BCUT2D eigenvalue weighted by atomic mass is 19.4. The van der Waals surface area contributed by atoms with Gasteiger partial charge in [0.1, 0.15) is 0 Å². The minimum absolute atomic E-state index is 0.140. The van der Waals surface area contributed by atoms with Crippen LogP contribution in [0.1, 0.15) is 18.1 Å². The number of amides is 1. The third-order valence-corrected chi connectivity index (χ3v) is 4.19. The largest absolute Gasteiger partial charge is 0.451 e. The fraction of sp³-hybridized carbons (Fsp3) is 0.250. The fourth-order valence-electron chi connectivity index (χ4n) is 2.52. The van der Waals surface area contributed by atoms with Crippen LogP contribution in [0.15, 0.2) is 48.5 Å². The van der Waals surface area contributed by atoms with Crippen LogP contribution in [0, 0.1) is 6.92 Å². The summed E-state index contributed by atoms with van der Waals surface area (Å²) in [5.41, 5.74) is 1.11. The summed E-state index contributed by atoms with van der Waals surface area (Å²) >= 11 is 0. The average molecular weight is 433 g/mol. The summed E-state index contributed by atoms with van der Waals surface area (Å²) in [5.74, 6) is -1.14. The number of alkyl halides is 3. The van der Waals surface area contributed by atoms with E-state index < -0.39 is 29.7 Å². The number of hydrogen-bond donors (Lipinski definition) is 1. The van der Waals surface area contributed by atoms with Crippen LogP contribution < -0.4 is 5.32 Å². The van der Waals surface area contributed by atoms with Crippen molar-refractivity contribution in [2.24, 2.45) is 0 Å².